The van der Waals surface area contributed by atoms with Crippen LogP contribution in [-0.4, -0.2) is 49.9 Å². The molecule has 0 aliphatic carbocycles. The highest BCUT2D eigenvalue weighted by Crippen LogP contribution is 2.27. The van der Waals surface area contributed by atoms with Gasteiger partial charge in [-0.15, -0.1) is 11.8 Å². The van der Waals surface area contributed by atoms with Crippen LogP contribution in [0, 0.1) is 6.92 Å². The van der Waals surface area contributed by atoms with Crippen LogP contribution in [0.2, 0.25) is 0 Å². The zero-order valence-electron chi connectivity index (χ0n) is 16.5. The maximum atomic E-state index is 13.1. The number of carbonyl (C=O) groups is 1. The fraction of sp³-hybridized carbons (Fsp3) is 0.381. The lowest BCUT2D eigenvalue weighted by Gasteiger charge is -2.20. The van der Waals surface area contributed by atoms with Crippen LogP contribution in [0.4, 0.5) is 0 Å². The van der Waals surface area contributed by atoms with E-state index in [-0.39, 0.29) is 17.3 Å². The summed E-state index contributed by atoms with van der Waals surface area (Å²) in [5.74, 6) is -0.0833. The van der Waals surface area contributed by atoms with E-state index in [0.717, 1.165) is 42.0 Å². The third kappa shape index (κ3) is 4.42. The van der Waals surface area contributed by atoms with Gasteiger partial charge in [0.15, 0.2) is 0 Å². The van der Waals surface area contributed by atoms with Crippen LogP contribution in [0.15, 0.2) is 52.3 Å². The lowest BCUT2D eigenvalue weighted by molar-refractivity contribution is 0.0789. The fourth-order valence-electron chi connectivity index (χ4n) is 3.32. The van der Waals surface area contributed by atoms with E-state index >= 15 is 0 Å². The highest BCUT2D eigenvalue weighted by Gasteiger charge is 2.26. The van der Waals surface area contributed by atoms with Crippen LogP contribution in [0.25, 0.3) is 0 Å². The van der Waals surface area contributed by atoms with E-state index in [1.165, 1.54) is 22.1 Å². The Morgan fingerprint density at radius 3 is 2.36 bits per heavy atom. The van der Waals surface area contributed by atoms with Crippen LogP contribution in [0.5, 0.6) is 0 Å². The van der Waals surface area contributed by atoms with Crippen molar-refractivity contribution in [2.24, 2.45) is 0 Å². The first-order valence-corrected chi connectivity index (χ1v) is 12.0. The van der Waals surface area contributed by atoms with Crippen molar-refractivity contribution in [3.63, 3.8) is 0 Å². The summed E-state index contributed by atoms with van der Waals surface area (Å²) < 4.78 is 27.5. The van der Waals surface area contributed by atoms with E-state index in [4.69, 9.17) is 0 Å². The number of thioether (sulfide) groups is 1. The summed E-state index contributed by atoms with van der Waals surface area (Å²) >= 11 is 1.46. The Hall–Kier alpha value is -1.83. The van der Waals surface area contributed by atoms with Crippen molar-refractivity contribution in [1.29, 1.82) is 0 Å². The van der Waals surface area contributed by atoms with Gasteiger partial charge in [-0.1, -0.05) is 29.8 Å². The highest BCUT2D eigenvalue weighted by molar-refractivity contribution is 7.98. The molecule has 0 atom stereocenters. The summed E-state index contributed by atoms with van der Waals surface area (Å²) in [4.78, 5) is 15.7. The lowest BCUT2D eigenvalue weighted by atomic mass is 10.1. The van der Waals surface area contributed by atoms with Gasteiger partial charge in [-0.25, -0.2) is 8.42 Å². The molecule has 0 unspecified atom stereocenters. The van der Waals surface area contributed by atoms with Crippen LogP contribution < -0.4 is 0 Å². The number of amides is 1. The number of aryl methyl sites for hydroxylation is 1. The number of hydrogen-bond donors (Lipinski definition) is 0. The summed E-state index contributed by atoms with van der Waals surface area (Å²) in [6.07, 6.45) is 3.89. The minimum Gasteiger partial charge on any atom is -0.339 e. The minimum absolute atomic E-state index is 0.0833. The van der Waals surface area contributed by atoms with E-state index in [1.54, 1.807) is 19.2 Å². The first-order valence-electron chi connectivity index (χ1n) is 9.32. The second-order valence-corrected chi connectivity index (χ2v) is 10.0. The molecule has 5 nitrogen and oxygen atoms in total. The molecule has 1 fully saturated rings. The topological polar surface area (TPSA) is 57.7 Å². The first kappa shape index (κ1) is 20.9. The van der Waals surface area contributed by atoms with E-state index < -0.39 is 10.0 Å². The third-order valence-electron chi connectivity index (χ3n) is 5.03. The average molecular weight is 419 g/mol. The lowest BCUT2D eigenvalue weighted by Crippen LogP contribution is -2.29. The predicted octanol–water partition coefficient (Wildman–Crippen LogP) is 3.77. The summed E-state index contributed by atoms with van der Waals surface area (Å²) in [6, 6.07) is 12.7. The fourth-order valence-corrected chi connectivity index (χ4v) is 5.08. The Labute approximate surface area is 171 Å². The van der Waals surface area contributed by atoms with Gasteiger partial charge in [0.05, 0.1) is 10.5 Å². The van der Waals surface area contributed by atoms with Crippen LogP contribution in [0.3, 0.4) is 0 Å². The Kier molecular flexibility index (Phi) is 6.47. The molecule has 0 radical (unpaired) electrons. The third-order valence-corrected chi connectivity index (χ3v) is 7.62. The van der Waals surface area contributed by atoms with Crippen LogP contribution in [0.1, 0.15) is 34.3 Å². The summed E-state index contributed by atoms with van der Waals surface area (Å²) in [5, 5.41) is 0. The summed E-state index contributed by atoms with van der Waals surface area (Å²) in [7, 11) is -2.13. The van der Waals surface area contributed by atoms with E-state index in [9.17, 15) is 13.2 Å². The second kappa shape index (κ2) is 8.68. The van der Waals surface area contributed by atoms with Gasteiger partial charge in [-0.3, -0.25) is 4.79 Å². The number of sulfonamides is 1. The second-order valence-electron chi connectivity index (χ2n) is 7.11. The monoisotopic (exact) mass is 418 g/mol. The quantitative estimate of drug-likeness (QED) is 0.670. The molecule has 1 aliphatic heterocycles. The van der Waals surface area contributed by atoms with Gasteiger partial charge in [0, 0.05) is 31.6 Å². The number of likely N-dealkylation sites (tertiary alicyclic amines) is 1. The molecule has 0 bridgehead atoms. The Balaban J connectivity index is 1.89. The largest absolute Gasteiger partial charge is 0.339 e. The maximum Gasteiger partial charge on any atom is 0.255 e. The molecule has 1 heterocycles. The van der Waals surface area contributed by atoms with Gasteiger partial charge >= 0.3 is 0 Å². The molecule has 0 saturated carbocycles. The Morgan fingerprint density at radius 2 is 1.75 bits per heavy atom. The van der Waals surface area contributed by atoms with Crippen LogP contribution >= 0.6 is 11.8 Å². The molecule has 3 rings (SSSR count). The molecule has 1 amide bonds. The highest BCUT2D eigenvalue weighted by atomic mass is 32.2. The van der Waals surface area contributed by atoms with Gasteiger partial charge in [0.1, 0.15) is 0 Å². The predicted molar refractivity (Wildman–Crippen MR) is 113 cm³/mol. The molecule has 28 heavy (non-hydrogen) atoms. The van der Waals surface area contributed by atoms with Crippen molar-refractivity contribution < 1.29 is 13.2 Å². The molecule has 150 valence electrons. The molecule has 1 saturated heterocycles. The summed E-state index contributed by atoms with van der Waals surface area (Å²) in [6.45, 7) is 3.74. The normalized spacial score (nSPS) is 14.6. The smallest absolute Gasteiger partial charge is 0.255 e. The van der Waals surface area contributed by atoms with Gasteiger partial charge in [-0.2, -0.15) is 4.31 Å². The molecule has 0 N–H and O–H groups in total. The molecular formula is C21H26N2O3S2. The van der Waals surface area contributed by atoms with Crippen molar-refractivity contribution in [2.75, 3.05) is 26.4 Å². The van der Waals surface area contributed by atoms with E-state index in [1.807, 2.05) is 42.3 Å². The van der Waals surface area contributed by atoms with Gasteiger partial charge in [0.25, 0.3) is 5.91 Å². The van der Waals surface area contributed by atoms with Gasteiger partial charge in [0.2, 0.25) is 10.0 Å². The SMILES string of the molecule is CSc1ccc(S(=O)(=O)N(C)Cc2ccc(C)cc2)cc1C(=O)N1CCCC1. The first-order chi connectivity index (χ1) is 13.3. The molecular weight excluding hydrogens is 392 g/mol. The van der Waals surface area contributed by atoms with Crippen molar-refractivity contribution in [3.05, 3.63) is 59.2 Å². The van der Waals surface area contributed by atoms with E-state index in [2.05, 4.69) is 0 Å². The Morgan fingerprint density at radius 1 is 1.11 bits per heavy atom. The summed E-state index contributed by atoms with van der Waals surface area (Å²) in [5.41, 5.74) is 2.52. The number of hydrogen-bond acceptors (Lipinski definition) is 4. The Bertz CT molecular complexity index is 950. The van der Waals surface area contributed by atoms with E-state index in [0.29, 0.717) is 5.56 Å². The van der Waals surface area contributed by atoms with Crippen molar-refractivity contribution in [2.45, 2.75) is 36.1 Å². The van der Waals surface area contributed by atoms with Crippen LogP contribution in [-0.2, 0) is 16.6 Å². The molecule has 2 aromatic rings. The minimum atomic E-state index is -3.70. The molecule has 1 aliphatic rings. The number of carbonyl (C=O) groups excluding carboxylic acids is 1. The van der Waals surface area contributed by atoms with Gasteiger partial charge in [-0.05, 0) is 49.8 Å². The molecule has 2 aromatic carbocycles. The van der Waals surface area contributed by atoms with Gasteiger partial charge < -0.3 is 4.90 Å². The van der Waals surface area contributed by atoms with Crippen molar-refractivity contribution >= 4 is 27.7 Å². The number of nitrogens with zero attached hydrogens (tertiary/aromatic N) is 2. The number of rotatable bonds is 6. The molecule has 0 spiro atoms. The number of benzene rings is 2. The maximum absolute atomic E-state index is 13.1. The zero-order chi connectivity index (χ0) is 20.3. The molecule has 0 aromatic heterocycles. The zero-order valence-corrected chi connectivity index (χ0v) is 18.1. The van der Waals surface area contributed by atoms with Crippen molar-refractivity contribution in [1.82, 2.24) is 9.21 Å². The average Bonchev–Trinajstić information content (AvgIpc) is 3.23. The standard InChI is InChI=1S/C21H26N2O3S2/c1-16-6-8-17(9-7-16)15-22(2)28(25,26)18-10-11-20(27-3)19(14-18)21(24)23-12-4-5-13-23/h6-11,14H,4-5,12-13,15H2,1-3H3. The van der Waals surface area contributed by atoms with Crippen molar-refractivity contribution in [3.8, 4) is 0 Å². The molecule has 7 heteroatoms.